The Balaban J connectivity index is 1.64. The summed E-state index contributed by atoms with van der Waals surface area (Å²) < 4.78 is 5.59. The molecule has 134 valence electrons. The van der Waals surface area contributed by atoms with Crippen molar-refractivity contribution in [3.63, 3.8) is 0 Å². The van der Waals surface area contributed by atoms with E-state index in [1.54, 1.807) is 18.4 Å². The smallest absolute Gasteiger partial charge is 0.251 e. The zero-order valence-electron chi connectivity index (χ0n) is 14.7. The molecule has 0 fully saturated rings. The number of carbonyl (C=O) groups excluding carboxylic acids is 2. The Bertz CT molecular complexity index is 900. The molecule has 0 saturated carbocycles. The van der Waals surface area contributed by atoms with Gasteiger partial charge in [-0.25, -0.2) is 0 Å². The summed E-state index contributed by atoms with van der Waals surface area (Å²) in [6.07, 6.45) is 2.73. The summed E-state index contributed by atoms with van der Waals surface area (Å²) in [5.41, 5.74) is 3.40. The lowest BCUT2D eigenvalue weighted by Crippen LogP contribution is -2.25. The predicted octanol–water partition coefficient (Wildman–Crippen LogP) is 3.08. The summed E-state index contributed by atoms with van der Waals surface area (Å²) in [5.74, 6) is -0.0812. The van der Waals surface area contributed by atoms with Crippen LogP contribution in [0.25, 0.3) is 11.0 Å². The molecule has 0 saturated heterocycles. The maximum atomic E-state index is 12.1. The van der Waals surface area contributed by atoms with Crippen molar-refractivity contribution in [2.24, 2.45) is 0 Å². The Morgan fingerprint density at radius 2 is 1.85 bits per heavy atom. The Morgan fingerprint density at radius 3 is 2.62 bits per heavy atom. The number of carbonyl (C=O) groups is 2. The van der Waals surface area contributed by atoms with Crippen molar-refractivity contribution in [1.29, 1.82) is 0 Å². The van der Waals surface area contributed by atoms with Crippen molar-refractivity contribution < 1.29 is 14.0 Å². The Hall–Kier alpha value is -3.08. The molecule has 0 spiro atoms. The lowest BCUT2D eigenvalue weighted by Gasteiger charge is -2.05. The van der Waals surface area contributed by atoms with E-state index in [1.165, 1.54) is 0 Å². The average molecular weight is 350 g/mol. The van der Waals surface area contributed by atoms with E-state index in [1.807, 2.05) is 43.3 Å². The SMILES string of the molecule is CCNC(=O)Cc1ccc2occ(CCNC(=O)c3ccccc3)c2c1. The van der Waals surface area contributed by atoms with Crippen LogP contribution in [0, 0.1) is 0 Å². The molecular formula is C21H22N2O3. The van der Waals surface area contributed by atoms with Gasteiger partial charge in [0.2, 0.25) is 5.91 Å². The molecule has 5 nitrogen and oxygen atoms in total. The van der Waals surface area contributed by atoms with E-state index in [0.717, 1.165) is 22.1 Å². The minimum absolute atomic E-state index is 0.00650. The predicted molar refractivity (Wildman–Crippen MR) is 101 cm³/mol. The van der Waals surface area contributed by atoms with Gasteiger partial charge < -0.3 is 15.1 Å². The van der Waals surface area contributed by atoms with Gasteiger partial charge in [0.05, 0.1) is 12.7 Å². The first kappa shape index (κ1) is 17.7. The molecule has 1 aromatic heterocycles. The van der Waals surface area contributed by atoms with Crippen LogP contribution in [0.1, 0.15) is 28.4 Å². The molecule has 0 unspecified atom stereocenters. The average Bonchev–Trinajstić information content (AvgIpc) is 3.05. The van der Waals surface area contributed by atoms with E-state index in [2.05, 4.69) is 10.6 Å². The van der Waals surface area contributed by atoms with E-state index in [9.17, 15) is 9.59 Å². The highest BCUT2D eigenvalue weighted by Crippen LogP contribution is 2.23. The molecule has 0 atom stereocenters. The number of rotatable bonds is 7. The normalized spacial score (nSPS) is 10.7. The van der Waals surface area contributed by atoms with Crippen LogP contribution in [-0.4, -0.2) is 24.9 Å². The first-order chi connectivity index (χ1) is 12.7. The van der Waals surface area contributed by atoms with E-state index >= 15 is 0 Å². The van der Waals surface area contributed by atoms with Gasteiger partial charge in [0.25, 0.3) is 5.91 Å². The molecule has 0 bridgehead atoms. The quantitative estimate of drug-likeness (QED) is 0.688. The number of fused-ring (bicyclic) bond motifs is 1. The van der Waals surface area contributed by atoms with Crippen LogP contribution in [0.5, 0.6) is 0 Å². The van der Waals surface area contributed by atoms with E-state index in [4.69, 9.17) is 4.42 Å². The van der Waals surface area contributed by atoms with Crippen molar-refractivity contribution in [2.75, 3.05) is 13.1 Å². The molecule has 3 rings (SSSR count). The lowest BCUT2D eigenvalue weighted by atomic mass is 10.1. The highest BCUT2D eigenvalue weighted by molar-refractivity contribution is 5.94. The molecular weight excluding hydrogens is 328 g/mol. The van der Waals surface area contributed by atoms with Gasteiger partial charge in [-0.05, 0) is 48.7 Å². The van der Waals surface area contributed by atoms with Crippen molar-refractivity contribution in [1.82, 2.24) is 10.6 Å². The van der Waals surface area contributed by atoms with Gasteiger partial charge in [0.15, 0.2) is 0 Å². The lowest BCUT2D eigenvalue weighted by molar-refractivity contribution is -0.120. The summed E-state index contributed by atoms with van der Waals surface area (Å²) in [6.45, 7) is 3.04. The van der Waals surface area contributed by atoms with Gasteiger partial charge in [0, 0.05) is 24.0 Å². The maximum Gasteiger partial charge on any atom is 0.251 e. The second-order valence-electron chi connectivity index (χ2n) is 6.09. The summed E-state index contributed by atoms with van der Waals surface area (Å²) in [5, 5.41) is 6.71. The number of likely N-dealkylation sites (N-methyl/N-ethyl adjacent to an activating group) is 1. The number of furan rings is 1. The van der Waals surface area contributed by atoms with Crippen LogP contribution >= 0.6 is 0 Å². The van der Waals surface area contributed by atoms with Gasteiger partial charge in [-0.15, -0.1) is 0 Å². The summed E-state index contributed by atoms with van der Waals surface area (Å²) >= 11 is 0. The van der Waals surface area contributed by atoms with E-state index < -0.39 is 0 Å². The largest absolute Gasteiger partial charge is 0.464 e. The fourth-order valence-electron chi connectivity index (χ4n) is 2.88. The Morgan fingerprint density at radius 1 is 1.04 bits per heavy atom. The molecule has 0 aliphatic rings. The van der Waals surface area contributed by atoms with E-state index in [-0.39, 0.29) is 11.8 Å². The second kappa shape index (κ2) is 8.34. The number of nitrogens with one attached hydrogen (secondary N) is 2. The minimum atomic E-state index is -0.0877. The fraction of sp³-hybridized carbons (Fsp3) is 0.238. The second-order valence-corrected chi connectivity index (χ2v) is 6.09. The number of hydrogen-bond donors (Lipinski definition) is 2. The third kappa shape index (κ3) is 4.30. The first-order valence-electron chi connectivity index (χ1n) is 8.76. The summed E-state index contributed by atoms with van der Waals surface area (Å²) in [4.78, 5) is 23.9. The minimum Gasteiger partial charge on any atom is -0.464 e. The highest BCUT2D eigenvalue weighted by Gasteiger charge is 2.10. The molecule has 2 aromatic carbocycles. The van der Waals surface area contributed by atoms with Crippen LogP contribution < -0.4 is 10.6 Å². The first-order valence-corrected chi connectivity index (χ1v) is 8.76. The molecule has 3 aromatic rings. The topological polar surface area (TPSA) is 71.3 Å². The van der Waals surface area contributed by atoms with Crippen molar-refractivity contribution in [2.45, 2.75) is 19.8 Å². The van der Waals surface area contributed by atoms with Crippen molar-refractivity contribution >= 4 is 22.8 Å². The number of amides is 2. The Labute approximate surface area is 152 Å². The van der Waals surface area contributed by atoms with Crippen LogP contribution in [-0.2, 0) is 17.6 Å². The van der Waals surface area contributed by atoms with Crippen LogP contribution in [0.3, 0.4) is 0 Å². The van der Waals surface area contributed by atoms with Gasteiger partial charge in [-0.3, -0.25) is 9.59 Å². The Kier molecular flexibility index (Phi) is 5.69. The summed E-state index contributed by atoms with van der Waals surface area (Å²) in [7, 11) is 0. The molecule has 1 heterocycles. The van der Waals surface area contributed by atoms with Crippen LogP contribution in [0.4, 0.5) is 0 Å². The molecule has 5 heteroatoms. The highest BCUT2D eigenvalue weighted by atomic mass is 16.3. The molecule has 26 heavy (non-hydrogen) atoms. The molecule has 0 aliphatic carbocycles. The number of hydrogen-bond acceptors (Lipinski definition) is 3. The maximum absolute atomic E-state index is 12.1. The molecule has 2 amide bonds. The zero-order valence-corrected chi connectivity index (χ0v) is 14.7. The standard InChI is InChI=1S/C21H22N2O3/c1-2-22-20(24)13-15-8-9-19-18(12-15)17(14-26-19)10-11-23-21(25)16-6-4-3-5-7-16/h3-9,12,14H,2,10-11,13H2,1H3,(H,22,24)(H,23,25). The fourth-order valence-corrected chi connectivity index (χ4v) is 2.88. The van der Waals surface area contributed by atoms with E-state index in [0.29, 0.717) is 31.5 Å². The van der Waals surface area contributed by atoms with Crippen LogP contribution in [0.15, 0.2) is 59.2 Å². The van der Waals surface area contributed by atoms with Crippen molar-refractivity contribution in [3.05, 3.63) is 71.5 Å². The van der Waals surface area contributed by atoms with Gasteiger partial charge in [-0.1, -0.05) is 24.3 Å². The number of benzene rings is 2. The third-order valence-electron chi connectivity index (χ3n) is 4.17. The molecule has 2 N–H and O–H groups in total. The van der Waals surface area contributed by atoms with Gasteiger partial charge in [-0.2, -0.15) is 0 Å². The monoisotopic (exact) mass is 350 g/mol. The third-order valence-corrected chi connectivity index (χ3v) is 4.17. The summed E-state index contributed by atoms with van der Waals surface area (Å²) in [6, 6.07) is 14.9. The van der Waals surface area contributed by atoms with Gasteiger partial charge in [0.1, 0.15) is 5.58 Å². The molecule has 0 radical (unpaired) electrons. The van der Waals surface area contributed by atoms with Crippen LogP contribution in [0.2, 0.25) is 0 Å². The zero-order chi connectivity index (χ0) is 18.4. The molecule has 0 aliphatic heterocycles. The van der Waals surface area contributed by atoms with Gasteiger partial charge >= 0.3 is 0 Å². The van der Waals surface area contributed by atoms with Crippen molar-refractivity contribution in [3.8, 4) is 0 Å².